The molecule has 2 N–H and O–H groups in total. The Bertz CT molecular complexity index is 238. The van der Waals surface area contributed by atoms with Gasteiger partial charge in [0, 0.05) is 25.6 Å². The summed E-state index contributed by atoms with van der Waals surface area (Å²) in [6.07, 6.45) is 3.84. The Hall–Kier alpha value is -0.610. The van der Waals surface area contributed by atoms with E-state index in [1.807, 2.05) is 18.7 Å². The summed E-state index contributed by atoms with van der Waals surface area (Å²) in [6, 6.07) is 0.457. The maximum Gasteiger partial charge on any atom is 0.225 e. The number of likely N-dealkylation sites (N-methyl/N-ethyl adjacent to an activating group) is 1. The minimum absolute atomic E-state index is 0.160. The second kappa shape index (κ2) is 6.97. The van der Waals surface area contributed by atoms with Gasteiger partial charge in [-0.2, -0.15) is 0 Å². The molecule has 1 aliphatic rings. The number of nitrogens with zero attached hydrogens (tertiary/aromatic N) is 1. The van der Waals surface area contributed by atoms with Crippen molar-refractivity contribution < 1.29 is 9.53 Å². The molecule has 1 fully saturated rings. The molecule has 0 spiro atoms. The lowest BCUT2D eigenvalue weighted by Crippen LogP contribution is -2.45. The highest BCUT2D eigenvalue weighted by Gasteiger charge is 2.29. The van der Waals surface area contributed by atoms with Gasteiger partial charge >= 0.3 is 0 Å². The lowest BCUT2D eigenvalue weighted by atomic mass is 9.85. The summed E-state index contributed by atoms with van der Waals surface area (Å²) in [6.45, 7) is 5.43. The molecule has 4 heteroatoms. The van der Waals surface area contributed by atoms with Crippen LogP contribution >= 0.6 is 0 Å². The number of nitrogens with two attached hydrogens (primary N) is 1. The average molecular weight is 242 g/mol. The van der Waals surface area contributed by atoms with Crippen molar-refractivity contribution in [1.29, 1.82) is 0 Å². The normalized spacial score (nSPS) is 26.6. The monoisotopic (exact) mass is 242 g/mol. The van der Waals surface area contributed by atoms with Gasteiger partial charge in [0.25, 0.3) is 0 Å². The molecule has 1 aliphatic carbocycles. The molecule has 1 rings (SSSR count). The summed E-state index contributed by atoms with van der Waals surface area (Å²) in [5, 5.41) is 0. The van der Waals surface area contributed by atoms with Gasteiger partial charge in [0.05, 0.1) is 12.6 Å². The Morgan fingerprint density at radius 2 is 2.00 bits per heavy atom. The predicted molar refractivity (Wildman–Crippen MR) is 68.7 cm³/mol. The van der Waals surface area contributed by atoms with Gasteiger partial charge in [0.15, 0.2) is 0 Å². The highest BCUT2D eigenvalue weighted by molar-refractivity contribution is 5.79. The van der Waals surface area contributed by atoms with Gasteiger partial charge in [-0.3, -0.25) is 4.79 Å². The van der Waals surface area contributed by atoms with E-state index >= 15 is 0 Å². The number of hydrogen-bond donors (Lipinski definition) is 1. The van der Waals surface area contributed by atoms with Gasteiger partial charge in [-0.1, -0.05) is 0 Å². The first kappa shape index (κ1) is 14.5. The highest BCUT2D eigenvalue weighted by atomic mass is 16.5. The third-order valence-corrected chi connectivity index (χ3v) is 3.68. The zero-order chi connectivity index (χ0) is 12.8. The number of ether oxygens (including phenoxy) is 1. The largest absolute Gasteiger partial charge is 0.383 e. The minimum Gasteiger partial charge on any atom is -0.383 e. The van der Waals surface area contributed by atoms with Crippen LogP contribution in [0.15, 0.2) is 0 Å². The number of rotatable bonds is 5. The van der Waals surface area contributed by atoms with Crippen LogP contribution in [0.1, 0.15) is 39.5 Å². The second-order valence-corrected chi connectivity index (χ2v) is 5.04. The highest BCUT2D eigenvalue weighted by Crippen LogP contribution is 2.25. The van der Waals surface area contributed by atoms with E-state index in [9.17, 15) is 4.79 Å². The van der Waals surface area contributed by atoms with Crippen LogP contribution in [0.3, 0.4) is 0 Å². The lowest BCUT2D eigenvalue weighted by molar-refractivity contribution is -0.139. The van der Waals surface area contributed by atoms with E-state index in [0.717, 1.165) is 32.2 Å². The first-order valence-electron chi connectivity index (χ1n) is 6.65. The summed E-state index contributed by atoms with van der Waals surface area (Å²) in [5.74, 6) is 0.456. The van der Waals surface area contributed by atoms with Crippen molar-refractivity contribution in [1.82, 2.24) is 4.90 Å². The molecule has 0 aromatic heterocycles. The molecular formula is C13H26N2O2. The van der Waals surface area contributed by atoms with Crippen molar-refractivity contribution >= 4 is 5.91 Å². The number of methoxy groups -OCH3 is 1. The zero-order valence-electron chi connectivity index (χ0n) is 11.3. The van der Waals surface area contributed by atoms with E-state index in [-0.39, 0.29) is 17.9 Å². The van der Waals surface area contributed by atoms with Gasteiger partial charge in [0.2, 0.25) is 5.91 Å². The second-order valence-electron chi connectivity index (χ2n) is 5.04. The van der Waals surface area contributed by atoms with Crippen LogP contribution in [-0.4, -0.2) is 43.2 Å². The molecule has 0 bridgehead atoms. The van der Waals surface area contributed by atoms with Crippen molar-refractivity contribution in [2.75, 3.05) is 20.3 Å². The van der Waals surface area contributed by atoms with Crippen molar-refractivity contribution in [3.05, 3.63) is 0 Å². The quantitative estimate of drug-likeness (QED) is 0.792. The van der Waals surface area contributed by atoms with E-state index in [1.165, 1.54) is 0 Å². The Kier molecular flexibility index (Phi) is 5.92. The van der Waals surface area contributed by atoms with Gasteiger partial charge in [-0.05, 0) is 39.5 Å². The molecule has 1 atom stereocenters. The third kappa shape index (κ3) is 3.96. The number of carbonyl (C=O) groups is 1. The molecule has 0 aromatic carbocycles. The average Bonchev–Trinajstić information content (AvgIpc) is 2.31. The fourth-order valence-electron chi connectivity index (χ4n) is 2.62. The van der Waals surface area contributed by atoms with Gasteiger partial charge < -0.3 is 15.4 Å². The van der Waals surface area contributed by atoms with Crippen LogP contribution in [-0.2, 0) is 9.53 Å². The molecule has 17 heavy (non-hydrogen) atoms. The molecule has 0 radical (unpaired) electrons. The Labute approximate surface area is 104 Å². The Morgan fingerprint density at radius 3 is 2.47 bits per heavy atom. The molecule has 0 saturated heterocycles. The lowest BCUT2D eigenvalue weighted by Gasteiger charge is -2.33. The standard InChI is InChI=1S/C13H26N2O2/c1-4-15(10(2)9-17-3)13(16)11-5-7-12(14)8-6-11/h10-12H,4-9,14H2,1-3H3. The first-order valence-corrected chi connectivity index (χ1v) is 6.65. The van der Waals surface area contributed by atoms with Crippen LogP contribution < -0.4 is 5.73 Å². The molecule has 0 aliphatic heterocycles. The summed E-state index contributed by atoms with van der Waals surface area (Å²) < 4.78 is 5.13. The van der Waals surface area contributed by atoms with Crippen molar-refractivity contribution in [2.45, 2.75) is 51.6 Å². The molecule has 0 aromatic rings. The van der Waals surface area contributed by atoms with E-state index in [4.69, 9.17) is 10.5 Å². The SMILES string of the molecule is CCN(C(=O)C1CCC(N)CC1)C(C)COC. The van der Waals surface area contributed by atoms with E-state index < -0.39 is 0 Å². The van der Waals surface area contributed by atoms with Crippen molar-refractivity contribution in [3.8, 4) is 0 Å². The van der Waals surface area contributed by atoms with Crippen LogP contribution in [0.2, 0.25) is 0 Å². The van der Waals surface area contributed by atoms with Crippen molar-refractivity contribution in [3.63, 3.8) is 0 Å². The topological polar surface area (TPSA) is 55.6 Å². The Balaban J connectivity index is 2.53. The summed E-state index contributed by atoms with van der Waals surface area (Å²) in [5.41, 5.74) is 5.87. The van der Waals surface area contributed by atoms with Crippen LogP contribution in [0, 0.1) is 5.92 Å². The minimum atomic E-state index is 0.160. The first-order chi connectivity index (χ1) is 8.10. The maximum atomic E-state index is 12.4. The molecule has 100 valence electrons. The van der Waals surface area contributed by atoms with Gasteiger partial charge in [-0.25, -0.2) is 0 Å². The van der Waals surface area contributed by atoms with E-state index in [0.29, 0.717) is 12.6 Å². The van der Waals surface area contributed by atoms with Crippen LogP contribution in [0.4, 0.5) is 0 Å². The summed E-state index contributed by atoms with van der Waals surface area (Å²) >= 11 is 0. The Morgan fingerprint density at radius 1 is 1.41 bits per heavy atom. The van der Waals surface area contributed by atoms with E-state index in [2.05, 4.69) is 0 Å². The number of amides is 1. The molecule has 1 unspecified atom stereocenters. The maximum absolute atomic E-state index is 12.4. The van der Waals surface area contributed by atoms with Crippen LogP contribution in [0.25, 0.3) is 0 Å². The third-order valence-electron chi connectivity index (χ3n) is 3.68. The molecule has 1 saturated carbocycles. The molecular weight excluding hydrogens is 216 g/mol. The smallest absolute Gasteiger partial charge is 0.225 e. The van der Waals surface area contributed by atoms with Crippen LogP contribution in [0.5, 0.6) is 0 Å². The van der Waals surface area contributed by atoms with E-state index in [1.54, 1.807) is 7.11 Å². The fourth-order valence-corrected chi connectivity index (χ4v) is 2.62. The fraction of sp³-hybridized carbons (Fsp3) is 0.923. The molecule has 1 amide bonds. The molecule has 4 nitrogen and oxygen atoms in total. The number of carbonyl (C=O) groups excluding carboxylic acids is 1. The summed E-state index contributed by atoms with van der Waals surface area (Å²) in [4.78, 5) is 14.3. The predicted octanol–water partition coefficient (Wildman–Crippen LogP) is 1.39. The summed E-state index contributed by atoms with van der Waals surface area (Å²) in [7, 11) is 1.68. The molecule has 0 heterocycles. The van der Waals surface area contributed by atoms with Gasteiger partial charge in [-0.15, -0.1) is 0 Å². The van der Waals surface area contributed by atoms with Gasteiger partial charge in [0.1, 0.15) is 0 Å². The number of hydrogen-bond acceptors (Lipinski definition) is 3. The zero-order valence-corrected chi connectivity index (χ0v) is 11.3. The van der Waals surface area contributed by atoms with Crippen molar-refractivity contribution in [2.24, 2.45) is 11.7 Å².